The van der Waals surface area contributed by atoms with Crippen LogP contribution in [0.1, 0.15) is 25.1 Å². The summed E-state index contributed by atoms with van der Waals surface area (Å²) < 4.78 is 0. The highest BCUT2D eigenvalue weighted by atomic mass is 14.8. The third-order valence-corrected chi connectivity index (χ3v) is 3.02. The van der Waals surface area contributed by atoms with Gasteiger partial charge in [-0.25, -0.2) is 4.98 Å². The van der Waals surface area contributed by atoms with Crippen LogP contribution < -0.4 is 5.73 Å². The van der Waals surface area contributed by atoms with Crippen molar-refractivity contribution in [2.75, 3.05) is 5.73 Å². The minimum atomic E-state index is 0.577. The molecule has 94 valence electrons. The van der Waals surface area contributed by atoms with Crippen LogP contribution in [0, 0.1) is 12.8 Å². The second-order valence-corrected chi connectivity index (χ2v) is 5.16. The lowest BCUT2D eigenvalue weighted by Crippen LogP contribution is -1.95. The van der Waals surface area contributed by atoms with Gasteiger partial charge in [-0.3, -0.25) is 0 Å². The van der Waals surface area contributed by atoms with Gasteiger partial charge in [0.25, 0.3) is 0 Å². The Hall–Kier alpha value is -1.83. The predicted molar refractivity (Wildman–Crippen MR) is 77.4 cm³/mol. The first kappa shape index (κ1) is 12.6. The van der Waals surface area contributed by atoms with Gasteiger partial charge in [0.15, 0.2) is 0 Å². The molecular weight excluding hydrogens is 220 g/mol. The van der Waals surface area contributed by atoms with E-state index in [1.54, 1.807) is 0 Å². The lowest BCUT2D eigenvalue weighted by molar-refractivity contribution is 0.647. The number of hydrogen-bond donors (Lipinski definition) is 1. The zero-order valence-electron chi connectivity index (χ0n) is 11.3. The molecule has 0 unspecified atom stereocenters. The number of pyridine rings is 1. The molecule has 2 rings (SSSR count). The standard InChI is InChI=1S/C16H20N2/c1-11(2)10-13-4-6-14(7-5-13)15-8-9-16(17)18-12(15)3/h4-9,11H,10H2,1-3H3,(H2,17,18). The van der Waals surface area contributed by atoms with E-state index in [0.717, 1.165) is 17.7 Å². The van der Waals surface area contributed by atoms with Gasteiger partial charge >= 0.3 is 0 Å². The van der Waals surface area contributed by atoms with Crippen LogP contribution in [0.5, 0.6) is 0 Å². The fourth-order valence-electron chi connectivity index (χ4n) is 2.18. The summed E-state index contributed by atoms with van der Waals surface area (Å²) in [6.07, 6.45) is 1.12. The van der Waals surface area contributed by atoms with Crippen molar-refractivity contribution in [1.29, 1.82) is 0 Å². The summed E-state index contributed by atoms with van der Waals surface area (Å²) >= 11 is 0. The smallest absolute Gasteiger partial charge is 0.123 e. The van der Waals surface area contributed by atoms with Crippen molar-refractivity contribution in [3.63, 3.8) is 0 Å². The fraction of sp³-hybridized carbons (Fsp3) is 0.312. The Morgan fingerprint density at radius 3 is 2.28 bits per heavy atom. The number of aromatic nitrogens is 1. The predicted octanol–water partition coefficient (Wildman–Crippen LogP) is 3.84. The van der Waals surface area contributed by atoms with Crippen molar-refractivity contribution in [3.8, 4) is 11.1 Å². The van der Waals surface area contributed by atoms with Crippen molar-refractivity contribution in [2.24, 2.45) is 5.92 Å². The first-order valence-electron chi connectivity index (χ1n) is 6.38. The van der Waals surface area contributed by atoms with Crippen LogP contribution in [0.3, 0.4) is 0 Å². The maximum atomic E-state index is 5.67. The van der Waals surface area contributed by atoms with E-state index < -0.39 is 0 Å². The summed E-state index contributed by atoms with van der Waals surface area (Å²) in [7, 11) is 0. The van der Waals surface area contributed by atoms with Gasteiger partial charge in [0, 0.05) is 11.3 Å². The molecule has 0 fully saturated rings. The highest BCUT2D eigenvalue weighted by molar-refractivity contribution is 5.67. The maximum absolute atomic E-state index is 5.67. The minimum Gasteiger partial charge on any atom is -0.384 e. The van der Waals surface area contributed by atoms with Crippen molar-refractivity contribution >= 4 is 5.82 Å². The van der Waals surface area contributed by atoms with Crippen molar-refractivity contribution in [2.45, 2.75) is 27.2 Å². The van der Waals surface area contributed by atoms with Crippen LogP contribution in [0.15, 0.2) is 36.4 Å². The normalized spacial score (nSPS) is 10.9. The van der Waals surface area contributed by atoms with Crippen molar-refractivity contribution < 1.29 is 0 Å². The highest BCUT2D eigenvalue weighted by Gasteiger charge is 2.04. The number of benzene rings is 1. The van der Waals surface area contributed by atoms with E-state index in [1.807, 2.05) is 19.1 Å². The second kappa shape index (κ2) is 5.21. The Kier molecular flexibility index (Phi) is 3.66. The SMILES string of the molecule is Cc1nc(N)ccc1-c1ccc(CC(C)C)cc1. The average molecular weight is 240 g/mol. The van der Waals surface area contributed by atoms with Gasteiger partial charge in [-0.2, -0.15) is 0 Å². The maximum Gasteiger partial charge on any atom is 0.123 e. The zero-order chi connectivity index (χ0) is 13.1. The van der Waals surface area contributed by atoms with Crippen LogP contribution in [0.2, 0.25) is 0 Å². The highest BCUT2D eigenvalue weighted by Crippen LogP contribution is 2.23. The number of nitrogens with zero attached hydrogens (tertiary/aromatic N) is 1. The molecule has 1 heterocycles. The average Bonchev–Trinajstić information content (AvgIpc) is 2.30. The summed E-state index contributed by atoms with van der Waals surface area (Å²) in [5.74, 6) is 1.27. The second-order valence-electron chi connectivity index (χ2n) is 5.16. The van der Waals surface area contributed by atoms with Gasteiger partial charge in [-0.15, -0.1) is 0 Å². The van der Waals surface area contributed by atoms with Crippen LogP contribution in [-0.4, -0.2) is 4.98 Å². The fourth-order valence-corrected chi connectivity index (χ4v) is 2.18. The summed E-state index contributed by atoms with van der Waals surface area (Å²) in [5.41, 5.74) is 10.4. The third-order valence-electron chi connectivity index (χ3n) is 3.02. The minimum absolute atomic E-state index is 0.577. The molecule has 0 radical (unpaired) electrons. The molecule has 0 aliphatic carbocycles. The van der Waals surface area contributed by atoms with E-state index in [9.17, 15) is 0 Å². The van der Waals surface area contributed by atoms with Crippen LogP contribution in [0.4, 0.5) is 5.82 Å². The number of nitrogens with two attached hydrogens (primary N) is 1. The first-order valence-corrected chi connectivity index (χ1v) is 6.38. The molecule has 2 heteroatoms. The molecule has 1 aromatic carbocycles. The Balaban J connectivity index is 2.28. The Bertz CT molecular complexity index is 527. The van der Waals surface area contributed by atoms with Gasteiger partial charge in [0.1, 0.15) is 5.82 Å². The molecule has 0 spiro atoms. The molecule has 0 amide bonds. The largest absolute Gasteiger partial charge is 0.384 e. The Morgan fingerprint density at radius 1 is 1.06 bits per heavy atom. The van der Waals surface area contributed by atoms with Crippen LogP contribution >= 0.6 is 0 Å². The molecule has 0 bridgehead atoms. The van der Waals surface area contributed by atoms with Crippen LogP contribution in [0.25, 0.3) is 11.1 Å². The van der Waals surface area contributed by atoms with Crippen molar-refractivity contribution in [3.05, 3.63) is 47.7 Å². The quantitative estimate of drug-likeness (QED) is 0.885. The van der Waals surface area contributed by atoms with Gasteiger partial charge in [0.05, 0.1) is 0 Å². The number of anilines is 1. The van der Waals surface area contributed by atoms with E-state index in [1.165, 1.54) is 11.1 Å². The molecule has 2 aromatic rings. The molecular formula is C16H20N2. The zero-order valence-corrected chi connectivity index (χ0v) is 11.3. The molecule has 0 atom stereocenters. The van der Waals surface area contributed by atoms with Crippen molar-refractivity contribution in [1.82, 2.24) is 4.98 Å². The third kappa shape index (κ3) is 2.89. The molecule has 2 N–H and O–H groups in total. The lowest BCUT2D eigenvalue weighted by Gasteiger charge is -2.08. The van der Waals surface area contributed by atoms with E-state index in [4.69, 9.17) is 5.73 Å². The molecule has 2 nitrogen and oxygen atoms in total. The van der Waals surface area contributed by atoms with Gasteiger partial charge in [-0.1, -0.05) is 38.1 Å². The topological polar surface area (TPSA) is 38.9 Å². The number of nitrogen functional groups attached to an aromatic ring is 1. The van der Waals surface area contributed by atoms with Gasteiger partial charge < -0.3 is 5.73 Å². The number of hydrogen-bond acceptors (Lipinski definition) is 2. The van der Waals surface area contributed by atoms with E-state index in [-0.39, 0.29) is 0 Å². The first-order chi connectivity index (χ1) is 8.56. The van der Waals surface area contributed by atoms with E-state index in [2.05, 4.69) is 43.1 Å². The Morgan fingerprint density at radius 2 is 1.72 bits per heavy atom. The number of aryl methyl sites for hydroxylation is 1. The molecule has 0 aliphatic rings. The van der Waals surface area contributed by atoms with E-state index in [0.29, 0.717) is 11.7 Å². The van der Waals surface area contributed by atoms with Gasteiger partial charge in [0.2, 0.25) is 0 Å². The molecule has 1 aromatic heterocycles. The molecule has 0 saturated carbocycles. The van der Waals surface area contributed by atoms with Gasteiger partial charge in [-0.05, 0) is 42.5 Å². The van der Waals surface area contributed by atoms with Crippen LogP contribution in [-0.2, 0) is 6.42 Å². The molecule has 0 saturated heterocycles. The molecule has 0 aliphatic heterocycles. The summed E-state index contributed by atoms with van der Waals surface area (Å²) in [5, 5.41) is 0. The monoisotopic (exact) mass is 240 g/mol. The lowest BCUT2D eigenvalue weighted by atomic mass is 9.98. The molecule has 18 heavy (non-hydrogen) atoms. The number of rotatable bonds is 3. The summed E-state index contributed by atoms with van der Waals surface area (Å²) in [6, 6.07) is 12.6. The summed E-state index contributed by atoms with van der Waals surface area (Å²) in [6.45, 7) is 6.47. The Labute approximate surface area is 109 Å². The van der Waals surface area contributed by atoms with E-state index >= 15 is 0 Å². The summed E-state index contributed by atoms with van der Waals surface area (Å²) in [4.78, 5) is 4.30.